The van der Waals surface area contributed by atoms with Crippen LogP contribution in [0.1, 0.15) is 27.9 Å². The zero-order valence-electron chi connectivity index (χ0n) is 17.3. The lowest BCUT2D eigenvalue weighted by molar-refractivity contribution is -0.137. The van der Waals surface area contributed by atoms with E-state index in [0.717, 1.165) is 5.56 Å². The molecule has 0 heterocycles. The number of rotatable bonds is 11. The van der Waals surface area contributed by atoms with Gasteiger partial charge in [-0.2, -0.15) is 11.8 Å². The average molecular weight is 432 g/mol. The Labute approximate surface area is 181 Å². The van der Waals surface area contributed by atoms with Gasteiger partial charge < -0.3 is 15.5 Å². The Kier molecular flexibility index (Phi) is 9.66. The summed E-state index contributed by atoms with van der Waals surface area (Å²) in [6.07, 6.45) is 2.39. The second-order valence-corrected chi connectivity index (χ2v) is 7.78. The van der Waals surface area contributed by atoms with Crippen LogP contribution in [0, 0.1) is 6.92 Å². The first kappa shape index (κ1) is 23.7. The molecule has 0 aliphatic heterocycles. The van der Waals surface area contributed by atoms with Crippen LogP contribution in [0.2, 0.25) is 0 Å². The second kappa shape index (κ2) is 12.2. The third-order valence-corrected chi connectivity index (χ3v) is 5.27. The molecule has 2 aromatic carbocycles. The van der Waals surface area contributed by atoms with Crippen LogP contribution in [0.25, 0.3) is 0 Å². The van der Waals surface area contributed by atoms with Crippen LogP contribution in [0.15, 0.2) is 48.5 Å². The maximum atomic E-state index is 13.3. The number of amides is 2. The maximum absolute atomic E-state index is 13.3. The number of phenols is 1. The fourth-order valence-corrected chi connectivity index (χ4v) is 3.42. The van der Waals surface area contributed by atoms with Gasteiger partial charge in [-0.1, -0.05) is 36.4 Å². The number of carbonyl (C=O) groups excluding carboxylic acids is 2. The molecule has 30 heavy (non-hydrogen) atoms. The van der Waals surface area contributed by atoms with Crippen LogP contribution in [0.5, 0.6) is 5.75 Å². The normalized spacial score (nSPS) is 11.7. The lowest BCUT2D eigenvalue weighted by Crippen LogP contribution is -2.53. The van der Waals surface area contributed by atoms with Gasteiger partial charge in [0.05, 0.1) is 13.2 Å². The standard InChI is InChI=1S/C22H29N3O4S/c1-16-18(9-6-10-20(16)27)21(28)24-19(11-14-30-2)22(29)25(23-12-13-26)15-17-7-4-3-5-8-17/h3-10,19,23,26-27H,11-15H2,1-2H3,(H,24,28)/t19-/m0/s1. The highest BCUT2D eigenvalue weighted by atomic mass is 32.2. The number of phenolic OH excluding ortho intramolecular Hbond substituents is 1. The van der Waals surface area contributed by atoms with Crippen molar-refractivity contribution in [2.45, 2.75) is 25.9 Å². The summed E-state index contributed by atoms with van der Waals surface area (Å²) in [6, 6.07) is 13.5. The third kappa shape index (κ3) is 6.76. The van der Waals surface area contributed by atoms with Crippen molar-refractivity contribution in [3.05, 3.63) is 65.2 Å². The van der Waals surface area contributed by atoms with E-state index in [0.29, 0.717) is 29.8 Å². The Morgan fingerprint density at radius 2 is 1.87 bits per heavy atom. The van der Waals surface area contributed by atoms with Crippen LogP contribution < -0.4 is 10.7 Å². The molecule has 2 rings (SSSR count). The molecular formula is C22H29N3O4S. The van der Waals surface area contributed by atoms with Gasteiger partial charge in [-0.15, -0.1) is 0 Å². The highest BCUT2D eigenvalue weighted by Crippen LogP contribution is 2.20. The molecule has 0 aliphatic carbocycles. The summed E-state index contributed by atoms with van der Waals surface area (Å²) < 4.78 is 0. The van der Waals surface area contributed by atoms with Crippen LogP contribution >= 0.6 is 11.8 Å². The number of thioether (sulfide) groups is 1. The van der Waals surface area contributed by atoms with Gasteiger partial charge in [-0.25, -0.2) is 5.43 Å². The van der Waals surface area contributed by atoms with Crippen molar-refractivity contribution in [3.8, 4) is 5.75 Å². The Balaban J connectivity index is 2.21. The first-order valence-corrected chi connectivity index (χ1v) is 11.1. The minimum Gasteiger partial charge on any atom is -0.508 e. The van der Waals surface area contributed by atoms with Crippen LogP contribution in [-0.2, 0) is 11.3 Å². The molecule has 0 radical (unpaired) electrons. The fourth-order valence-electron chi connectivity index (χ4n) is 2.95. The number of aliphatic hydroxyl groups is 1. The Morgan fingerprint density at radius 3 is 2.53 bits per heavy atom. The molecule has 0 fully saturated rings. The summed E-state index contributed by atoms with van der Waals surface area (Å²) in [7, 11) is 0. The molecule has 8 heteroatoms. The number of aliphatic hydroxyl groups excluding tert-OH is 1. The lowest BCUT2D eigenvalue weighted by atomic mass is 10.1. The van der Waals surface area contributed by atoms with E-state index >= 15 is 0 Å². The maximum Gasteiger partial charge on any atom is 0.259 e. The number of hydrogen-bond donors (Lipinski definition) is 4. The number of carbonyl (C=O) groups is 2. The zero-order valence-corrected chi connectivity index (χ0v) is 18.1. The predicted octanol–water partition coefficient (Wildman–Crippen LogP) is 2.08. The number of hydrogen-bond acceptors (Lipinski definition) is 6. The molecule has 0 saturated heterocycles. The Hall–Kier alpha value is -2.55. The largest absolute Gasteiger partial charge is 0.508 e. The fraction of sp³-hybridized carbons (Fsp3) is 0.364. The van der Waals surface area contributed by atoms with Crippen molar-refractivity contribution in [2.24, 2.45) is 0 Å². The number of nitrogens with one attached hydrogen (secondary N) is 2. The van der Waals surface area contributed by atoms with E-state index in [1.807, 2.05) is 36.6 Å². The molecule has 2 amide bonds. The van der Waals surface area contributed by atoms with Crippen molar-refractivity contribution < 1.29 is 19.8 Å². The number of benzene rings is 2. The van der Waals surface area contributed by atoms with E-state index in [2.05, 4.69) is 10.7 Å². The minimum absolute atomic E-state index is 0.0324. The summed E-state index contributed by atoms with van der Waals surface area (Å²) >= 11 is 1.59. The third-order valence-electron chi connectivity index (χ3n) is 4.63. The highest BCUT2D eigenvalue weighted by molar-refractivity contribution is 7.98. The van der Waals surface area contributed by atoms with Crippen LogP contribution in [-0.4, -0.2) is 58.2 Å². The number of aromatic hydroxyl groups is 1. The van der Waals surface area contributed by atoms with Gasteiger partial charge in [-0.3, -0.25) is 14.6 Å². The molecule has 1 atom stereocenters. The summed E-state index contributed by atoms with van der Waals surface area (Å²) in [5.41, 5.74) is 4.66. The zero-order chi connectivity index (χ0) is 21.9. The van der Waals surface area contributed by atoms with E-state index < -0.39 is 11.9 Å². The Morgan fingerprint density at radius 1 is 1.13 bits per heavy atom. The molecular weight excluding hydrogens is 402 g/mol. The van der Waals surface area contributed by atoms with Gasteiger partial charge in [0.1, 0.15) is 11.8 Å². The smallest absolute Gasteiger partial charge is 0.259 e. The molecule has 0 aliphatic rings. The van der Waals surface area contributed by atoms with E-state index in [1.54, 1.807) is 30.8 Å². The van der Waals surface area contributed by atoms with Crippen molar-refractivity contribution in [1.29, 1.82) is 0 Å². The van der Waals surface area contributed by atoms with Crippen molar-refractivity contribution in [3.63, 3.8) is 0 Å². The van der Waals surface area contributed by atoms with Gasteiger partial charge in [0, 0.05) is 17.7 Å². The van der Waals surface area contributed by atoms with Crippen molar-refractivity contribution in [2.75, 3.05) is 25.2 Å². The summed E-state index contributed by atoms with van der Waals surface area (Å²) in [6.45, 7) is 2.06. The van der Waals surface area contributed by atoms with Gasteiger partial charge in [0.15, 0.2) is 0 Å². The number of hydrazine groups is 1. The highest BCUT2D eigenvalue weighted by Gasteiger charge is 2.27. The predicted molar refractivity (Wildman–Crippen MR) is 119 cm³/mol. The average Bonchev–Trinajstić information content (AvgIpc) is 2.76. The van der Waals surface area contributed by atoms with E-state index in [9.17, 15) is 19.8 Å². The molecule has 0 saturated carbocycles. The van der Waals surface area contributed by atoms with Crippen LogP contribution in [0.4, 0.5) is 0 Å². The monoisotopic (exact) mass is 431 g/mol. The van der Waals surface area contributed by atoms with Crippen LogP contribution in [0.3, 0.4) is 0 Å². The van der Waals surface area contributed by atoms with E-state index in [-0.39, 0.29) is 24.8 Å². The molecule has 0 aromatic heterocycles. The molecule has 7 nitrogen and oxygen atoms in total. The molecule has 0 spiro atoms. The second-order valence-electron chi connectivity index (χ2n) is 6.80. The minimum atomic E-state index is -0.749. The Bertz CT molecular complexity index is 832. The topological polar surface area (TPSA) is 102 Å². The number of nitrogens with zero attached hydrogens (tertiary/aromatic N) is 1. The van der Waals surface area contributed by atoms with Gasteiger partial charge in [-0.05, 0) is 43.0 Å². The summed E-state index contributed by atoms with van der Waals surface area (Å²) in [5, 5.41) is 23.3. The van der Waals surface area contributed by atoms with Crippen molar-refractivity contribution in [1.82, 2.24) is 15.8 Å². The van der Waals surface area contributed by atoms with Crippen molar-refractivity contribution >= 4 is 23.6 Å². The van der Waals surface area contributed by atoms with Gasteiger partial charge >= 0.3 is 0 Å². The summed E-state index contributed by atoms with van der Waals surface area (Å²) in [4.78, 5) is 26.1. The quantitative estimate of drug-likeness (QED) is 0.407. The first-order valence-electron chi connectivity index (χ1n) is 9.76. The first-order chi connectivity index (χ1) is 14.5. The molecule has 0 bridgehead atoms. The van der Waals surface area contributed by atoms with E-state index in [4.69, 9.17) is 0 Å². The SMILES string of the molecule is CSCC[C@H](NC(=O)c1cccc(O)c1C)C(=O)N(Cc1ccccc1)NCCO. The van der Waals surface area contributed by atoms with Gasteiger partial charge in [0.25, 0.3) is 11.8 Å². The molecule has 2 aromatic rings. The van der Waals surface area contributed by atoms with Gasteiger partial charge in [0.2, 0.25) is 0 Å². The lowest BCUT2D eigenvalue weighted by Gasteiger charge is -2.28. The van der Waals surface area contributed by atoms with E-state index in [1.165, 1.54) is 11.1 Å². The molecule has 162 valence electrons. The summed E-state index contributed by atoms with van der Waals surface area (Å²) in [5.74, 6) is 0.0247. The molecule has 4 N–H and O–H groups in total. The molecule has 0 unspecified atom stereocenters.